The van der Waals surface area contributed by atoms with Gasteiger partial charge in [0.05, 0.1) is 5.71 Å². The fourth-order valence-electron chi connectivity index (χ4n) is 2.49. The van der Waals surface area contributed by atoms with Crippen molar-refractivity contribution in [2.45, 2.75) is 33.2 Å². The summed E-state index contributed by atoms with van der Waals surface area (Å²) in [6.45, 7) is 5.84. The highest BCUT2D eigenvalue weighted by Crippen LogP contribution is 2.07. The lowest BCUT2D eigenvalue weighted by atomic mass is 10.0. The smallest absolute Gasteiger partial charge is 0.262 e. The molecule has 5 heteroatoms. The van der Waals surface area contributed by atoms with E-state index in [1.165, 1.54) is 0 Å². The Hall–Kier alpha value is -2.95. The highest BCUT2D eigenvalue weighted by atomic mass is 16.2. The van der Waals surface area contributed by atoms with E-state index >= 15 is 0 Å². The molecule has 136 valence electrons. The molecule has 2 aromatic rings. The van der Waals surface area contributed by atoms with Crippen LogP contribution >= 0.6 is 0 Å². The second-order valence-electron chi connectivity index (χ2n) is 6.56. The van der Waals surface area contributed by atoms with E-state index in [-0.39, 0.29) is 17.7 Å². The molecule has 0 saturated carbocycles. The van der Waals surface area contributed by atoms with Crippen molar-refractivity contribution in [1.29, 1.82) is 0 Å². The number of hydrazone groups is 1. The van der Waals surface area contributed by atoms with Gasteiger partial charge >= 0.3 is 0 Å². The number of hydrogen-bond acceptors (Lipinski definition) is 3. The maximum Gasteiger partial charge on any atom is 0.262 e. The number of amides is 2. The molecule has 5 nitrogen and oxygen atoms in total. The Kier molecular flexibility index (Phi) is 7.09. The van der Waals surface area contributed by atoms with E-state index in [0.717, 1.165) is 5.56 Å². The van der Waals surface area contributed by atoms with Crippen LogP contribution in [0.15, 0.2) is 65.8 Å². The first-order valence-corrected chi connectivity index (χ1v) is 8.73. The number of nitrogens with one attached hydrogen (secondary N) is 2. The van der Waals surface area contributed by atoms with Crippen LogP contribution in [-0.2, 0) is 4.79 Å². The van der Waals surface area contributed by atoms with Crippen LogP contribution in [0.1, 0.15) is 43.1 Å². The van der Waals surface area contributed by atoms with Gasteiger partial charge in [0.15, 0.2) is 0 Å². The van der Waals surface area contributed by atoms with Crippen molar-refractivity contribution in [2.75, 3.05) is 0 Å². The molecule has 0 spiro atoms. The molecule has 0 radical (unpaired) electrons. The first-order valence-electron chi connectivity index (χ1n) is 8.73. The first kappa shape index (κ1) is 19.4. The third-order valence-electron chi connectivity index (χ3n) is 3.89. The summed E-state index contributed by atoms with van der Waals surface area (Å²) in [4.78, 5) is 24.9. The van der Waals surface area contributed by atoms with Crippen molar-refractivity contribution in [3.05, 3.63) is 71.8 Å². The van der Waals surface area contributed by atoms with Crippen molar-refractivity contribution in [1.82, 2.24) is 10.7 Å². The maximum atomic E-state index is 12.5. The van der Waals surface area contributed by atoms with Crippen molar-refractivity contribution >= 4 is 17.5 Å². The lowest BCUT2D eigenvalue weighted by Gasteiger charge is -2.19. The van der Waals surface area contributed by atoms with Crippen LogP contribution in [0.4, 0.5) is 0 Å². The predicted molar refractivity (Wildman–Crippen MR) is 104 cm³/mol. The van der Waals surface area contributed by atoms with Crippen LogP contribution in [0.25, 0.3) is 0 Å². The van der Waals surface area contributed by atoms with Gasteiger partial charge in [-0.25, -0.2) is 5.43 Å². The highest BCUT2D eigenvalue weighted by molar-refractivity contribution is 6.00. The third kappa shape index (κ3) is 5.84. The molecule has 26 heavy (non-hydrogen) atoms. The van der Waals surface area contributed by atoms with Gasteiger partial charge in [0.25, 0.3) is 11.8 Å². The Bertz CT molecular complexity index is 755. The molecule has 2 aromatic carbocycles. The predicted octanol–water partition coefficient (Wildman–Crippen LogP) is 3.37. The lowest BCUT2D eigenvalue weighted by Crippen LogP contribution is -2.46. The molecule has 0 heterocycles. The minimum Gasteiger partial charge on any atom is -0.340 e. The Morgan fingerprint density at radius 2 is 1.46 bits per heavy atom. The summed E-state index contributed by atoms with van der Waals surface area (Å²) in [6.07, 6.45) is 0.532. The molecule has 2 N–H and O–H groups in total. The molecule has 0 aliphatic rings. The zero-order valence-electron chi connectivity index (χ0n) is 15.4. The highest BCUT2D eigenvalue weighted by Gasteiger charge is 2.22. The average Bonchev–Trinajstić information content (AvgIpc) is 2.66. The van der Waals surface area contributed by atoms with Crippen LogP contribution in [0, 0.1) is 5.92 Å². The van der Waals surface area contributed by atoms with Crippen LogP contribution in [0.2, 0.25) is 0 Å². The minimum absolute atomic E-state index is 0.251. The molecular weight excluding hydrogens is 326 g/mol. The molecule has 0 aliphatic carbocycles. The number of hydrogen-bond donors (Lipinski definition) is 2. The van der Waals surface area contributed by atoms with Gasteiger partial charge in [0, 0.05) is 5.56 Å². The van der Waals surface area contributed by atoms with E-state index in [2.05, 4.69) is 15.8 Å². The second-order valence-corrected chi connectivity index (χ2v) is 6.56. The van der Waals surface area contributed by atoms with E-state index < -0.39 is 6.04 Å². The Balaban J connectivity index is 2.05. The number of rotatable bonds is 7. The summed E-state index contributed by atoms with van der Waals surface area (Å²) < 4.78 is 0. The molecule has 0 saturated heterocycles. The fraction of sp³-hybridized carbons (Fsp3) is 0.286. The van der Waals surface area contributed by atoms with E-state index in [1.54, 1.807) is 24.3 Å². The van der Waals surface area contributed by atoms with E-state index in [0.29, 0.717) is 17.7 Å². The standard InChI is InChI=1S/C21H25N3O2/c1-15(2)14-19(22-20(25)18-12-8-5-9-13-18)21(26)24-23-16(3)17-10-6-4-7-11-17/h4-13,15,19H,14H2,1-3H3,(H,22,25)(H,24,26)/t19-/m0/s1. The van der Waals surface area contributed by atoms with Gasteiger partial charge in [0.1, 0.15) is 6.04 Å². The molecular formula is C21H25N3O2. The van der Waals surface area contributed by atoms with Gasteiger partial charge in [-0.2, -0.15) is 5.10 Å². The third-order valence-corrected chi connectivity index (χ3v) is 3.89. The molecule has 0 aromatic heterocycles. The zero-order chi connectivity index (χ0) is 18.9. The van der Waals surface area contributed by atoms with Crippen LogP contribution in [0.3, 0.4) is 0 Å². The minimum atomic E-state index is -0.643. The first-order chi connectivity index (χ1) is 12.5. The number of benzene rings is 2. The molecule has 1 atom stereocenters. The number of carbonyl (C=O) groups is 2. The molecule has 2 rings (SSSR count). The molecule has 0 bridgehead atoms. The molecule has 0 aliphatic heterocycles. The quantitative estimate of drug-likeness (QED) is 0.593. The van der Waals surface area contributed by atoms with Crippen LogP contribution in [-0.4, -0.2) is 23.6 Å². The van der Waals surface area contributed by atoms with Gasteiger partial charge in [0.2, 0.25) is 0 Å². The Labute approximate surface area is 154 Å². The Morgan fingerprint density at radius 3 is 2.00 bits per heavy atom. The summed E-state index contributed by atoms with van der Waals surface area (Å²) in [7, 11) is 0. The SMILES string of the molecule is CC(=NNC(=O)[C@H](CC(C)C)NC(=O)c1ccccc1)c1ccccc1. The zero-order valence-corrected chi connectivity index (χ0v) is 15.4. The second kappa shape index (κ2) is 9.51. The van der Waals surface area contributed by atoms with Crippen LogP contribution in [0.5, 0.6) is 0 Å². The monoisotopic (exact) mass is 351 g/mol. The van der Waals surface area contributed by atoms with Crippen molar-refractivity contribution < 1.29 is 9.59 Å². The molecule has 2 amide bonds. The topological polar surface area (TPSA) is 70.6 Å². The van der Waals surface area contributed by atoms with Crippen molar-refractivity contribution in [3.63, 3.8) is 0 Å². The molecule has 0 unspecified atom stereocenters. The van der Waals surface area contributed by atoms with Crippen molar-refractivity contribution in [2.24, 2.45) is 11.0 Å². The van der Waals surface area contributed by atoms with Gasteiger partial charge in [-0.05, 0) is 37.0 Å². The summed E-state index contributed by atoms with van der Waals surface area (Å²) in [5, 5.41) is 6.98. The molecule has 0 fully saturated rings. The summed E-state index contributed by atoms with van der Waals surface area (Å²) >= 11 is 0. The van der Waals surface area contributed by atoms with E-state index in [4.69, 9.17) is 0 Å². The van der Waals surface area contributed by atoms with Gasteiger partial charge < -0.3 is 5.32 Å². The maximum absolute atomic E-state index is 12.5. The normalized spacial score (nSPS) is 12.5. The summed E-state index contributed by atoms with van der Waals surface area (Å²) in [5.74, 6) is -0.338. The largest absolute Gasteiger partial charge is 0.340 e. The van der Waals surface area contributed by atoms with E-state index in [9.17, 15) is 9.59 Å². The average molecular weight is 351 g/mol. The van der Waals surface area contributed by atoms with Crippen LogP contribution < -0.4 is 10.7 Å². The van der Waals surface area contributed by atoms with Gasteiger partial charge in [-0.15, -0.1) is 0 Å². The number of carbonyl (C=O) groups excluding carboxylic acids is 2. The summed E-state index contributed by atoms with van der Waals surface area (Å²) in [6, 6.07) is 17.8. The number of nitrogens with zero attached hydrogens (tertiary/aromatic N) is 1. The van der Waals surface area contributed by atoms with Gasteiger partial charge in [-0.3, -0.25) is 9.59 Å². The fourth-order valence-corrected chi connectivity index (χ4v) is 2.49. The van der Waals surface area contributed by atoms with Crippen molar-refractivity contribution in [3.8, 4) is 0 Å². The Morgan fingerprint density at radius 1 is 0.923 bits per heavy atom. The summed E-state index contributed by atoms with van der Waals surface area (Å²) in [5.41, 5.74) is 4.74. The van der Waals surface area contributed by atoms with E-state index in [1.807, 2.05) is 57.2 Å². The lowest BCUT2D eigenvalue weighted by molar-refractivity contribution is -0.123. The van der Waals surface area contributed by atoms with Gasteiger partial charge in [-0.1, -0.05) is 62.4 Å².